The number of nitrogens with zero attached hydrogens (tertiary/aromatic N) is 2. The average molecular weight is 357 g/mol. The minimum absolute atomic E-state index is 0.177. The van der Waals surface area contributed by atoms with Crippen LogP contribution in [0.2, 0.25) is 5.02 Å². The highest BCUT2D eigenvalue weighted by molar-refractivity contribution is 9.10. The van der Waals surface area contributed by atoms with Crippen molar-refractivity contribution in [3.8, 4) is 0 Å². The molecule has 0 saturated heterocycles. The van der Waals surface area contributed by atoms with E-state index in [1.54, 1.807) is 22.8 Å². The molecular formula is C14H15BrClN3O. The third kappa shape index (κ3) is 3.16. The average Bonchev–Trinajstić information content (AvgIpc) is 2.68. The third-order valence-corrected chi connectivity index (χ3v) is 3.56. The van der Waals surface area contributed by atoms with Crippen LogP contribution in [0.3, 0.4) is 0 Å². The number of anilines is 2. The number of benzene rings is 1. The second kappa shape index (κ2) is 5.89. The molecule has 1 N–H and O–H groups in total. The Hall–Kier alpha value is -1.46. The number of hydrogen-bond donors (Lipinski definition) is 1. The SMILES string of the molecule is CN(C)c1ccc(Cl)cc1NC(=O)c1cc(Br)cn1C. The maximum atomic E-state index is 12.3. The summed E-state index contributed by atoms with van der Waals surface area (Å²) < 4.78 is 2.63. The van der Waals surface area contributed by atoms with E-state index in [1.807, 2.05) is 38.3 Å². The Morgan fingerprint density at radius 1 is 1.35 bits per heavy atom. The van der Waals surface area contributed by atoms with Crippen LogP contribution in [0.15, 0.2) is 34.9 Å². The monoisotopic (exact) mass is 355 g/mol. The van der Waals surface area contributed by atoms with Crippen LogP contribution in [0.1, 0.15) is 10.5 Å². The molecule has 20 heavy (non-hydrogen) atoms. The van der Waals surface area contributed by atoms with Crippen molar-refractivity contribution in [1.29, 1.82) is 0 Å². The van der Waals surface area contributed by atoms with Crippen molar-refractivity contribution in [2.45, 2.75) is 0 Å². The Morgan fingerprint density at radius 3 is 2.60 bits per heavy atom. The molecule has 106 valence electrons. The van der Waals surface area contributed by atoms with Crippen LogP contribution in [-0.4, -0.2) is 24.6 Å². The van der Waals surface area contributed by atoms with Crippen LogP contribution < -0.4 is 10.2 Å². The van der Waals surface area contributed by atoms with Gasteiger partial charge in [-0.25, -0.2) is 0 Å². The molecule has 1 heterocycles. The van der Waals surface area contributed by atoms with Crippen LogP contribution in [0, 0.1) is 0 Å². The number of halogens is 2. The Labute approximate surface area is 131 Å². The summed E-state index contributed by atoms with van der Waals surface area (Å²) in [6.07, 6.45) is 1.83. The lowest BCUT2D eigenvalue weighted by Gasteiger charge is -2.18. The molecule has 0 aliphatic rings. The van der Waals surface area contributed by atoms with E-state index in [2.05, 4.69) is 21.2 Å². The van der Waals surface area contributed by atoms with Gasteiger partial charge in [-0.15, -0.1) is 0 Å². The van der Waals surface area contributed by atoms with Gasteiger partial charge in [-0.2, -0.15) is 0 Å². The van der Waals surface area contributed by atoms with Gasteiger partial charge >= 0.3 is 0 Å². The largest absolute Gasteiger partial charge is 0.376 e. The summed E-state index contributed by atoms with van der Waals surface area (Å²) in [4.78, 5) is 14.2. The lowest BCUT2D eigenvalue weighted by Crippen LogP contribution is -2.18. The van der Waals surface area contributed by atoms with Gasteiger partial charge in [0.25, 0.3) is 5.91 Å². The van der Waals surface area contributed by atoms with E-state index >= 15 is 0 Å². The van der Waals surface area contributed by atoms with Crippen molar-refractivity contribution >= 4 is 44.8 Å². The Morgan fingerprint density at radius 2 is 2.05 bits per heavy atom. The molecular weight excluding hydrogens is 342 g/mol. The summed E-state index contributed by atoms with van der Waals surface area (Å²) >= 11 is 9.36. The molecule has 0 aliphatic carbocycles. The number of carbonyl (C=O) groups is 1. The standard InChI is InChI=1S/C14H15BrClN3O/c1-18(2)12-5-4-10(16)7-11(12)17-14(20)13-6-9(15)8-19(13)3/h4-8H,1-3H3,(H,17,20). The summed E-state index contributed by atoms with van der Waals surface area (Å²) in [5, 5.41) is 3.48. The molecule has 1 aromatic carbocycles. The highest BCUT2D eigenvalue weighted by Gasteiger charge is 2.14. The van der Waals surface area contributed by atoms with Gasteiger partial charge < -0.3 is 14.8 Å². The van der Waals surface area contributed by atoms with Crippen LogP contribution >= 0.6 is 27.5 Å². The van der Waals surface area contributed by atoms with Crippen molar-refractivity contribution < 1.29 is 4.79 Å². The summed E-state index contributed by atoms with van der Waals surface area (Å²) in [7, 11) is 5.65. The zero-order chi connectivity index (χ0) is 14.9. The minimum atomic E-state index is -0.177. The quantitative estimate of drug-likeness (QED) is 0.909. The highest BCUT2D eigenvalue weighted by Crippen LogP contribution is 2.28. The molecule has 0 unspecified atom stereocenters. The first-order chi connectivity index (χ1) is 9.38. The summed E-state index contributed by atoms with van der Waals surface area (Å²) in [5.74, 6) is -0.177. The van der Waals surface area contributed by atoms with E-state index in [0.717, 1.165) is 10.2 Å². The number of aryl methyl sites for hydroxylation is 1. The Bertz CT molecular complexity index is 652. The predicted molar refractivity (Wildman–Crippen MR) is 86.8 cm³/mol. The number of nitrogens with one attached hydrogen (secondary N) is 1. The van der Waals surface area contributed by atoms with Gasteiger partial charge in [0.05, 0.1) is 11.4 Å². The molecule has 1 amide bonds. The lowest BCUT2D eigenvalue weighted by molar-refractivity contribution is 0.101. The molecule has 0 aliphatic heterocycles. The number of aromatic nitrogens is 1. The van der Waals surface area contributed by atoms with Crippen LogP contribution in [0.4, 0.5) is 11.4 Å². The molecule has 2 aromatic rings. The molecule has 6 heteroatoms. The van der Waals surface area contributed by atoms with Gasteiger partial charge in [0, 0.05) is 36.8 Å². The molecule has 0 radical (unpaired) electrons. The third-order valence-electron chi connectivity index (χ3n) is 2.89. The lowest BCUT2D eigenvalue weighted by atomic mass is 10.2. The van der Waals surface area contributed by atoms with Gasteiger partial charge in [-0.3, -0.25) is 4.79 Å². The zero-order valence-electron chi connectivity index (χ0n) is 11.4. The predicted octanol–water partition coefficient (Wildman–Crippen LogP) is 3.76. The van der Waals surface area contributed by atoms with E-state index in [1.165, 1.54) is 0 Å². The topological polar surface area (TPSA) is 37.3 Å². The summed E-state index contributed by atoms with van der Waals surface area (Å²) in [6, 6.07) is 7.19. The van der Waals surface area contributed by atoms with Crippen LogP contribution in [-0.2, 0) is 7.05 Å². The molecule has 0 atom stereocenters. The van der Waals surface area contributed by atoms with Crippen molar-refractivity contribution in [2.24, 2.45) is 7.05 Å². The van der Waals surface area contributed by atoms with Crippen LogP contribution in [0.5, 0.6) is 0 Å². The molecule has 0 bridgehead atoms. The number of carbonyl (C=O) groups excluding carboxylic acids is 1. The molecule has 1 aromatic heterocycles. The number of amides is 1. The fraction of sp³-hybridized carbons (Fsp3) is 0.214. The van der Waals surface area contributed by atoms with Gasteiger partial charge in [-0.05, 0) is 40.2 Å². The molecule has 0 saturated carbocycles. The molecule has 2 rings (SSSR count). The van der Waals surface area contributed by atoms with Gasteiger partial charge in [-0.1, -0.05) is 11.6 Å². The Balaban J connectivity index is 2.32. The van der Waals surface area contributed by atoms with E-state index in [0.29, 0.717) is 16.4 Å². The van der Waals surface area contributed by atoms with Crippen molar-refractivity contribution in [3.05, 3.63) is 45.7 Å². The fourth-order valence-corrected chi connectivity index (χ4v) is 2.63. The first kappa shape index (κ1) is 14.9. The number of hydrogen-bond acceptors (Lipinski definition) is 2. The van der Waals surface area contributed by atoms with Crippen molar-refractivity contribution in [3.63, 3.8) is 0 Å². The van der Waals surface area contributed by atoms with Gasteiger partial charge in [0.2, 0.25) is 0 Å². The highest BCUT2D eigenvalue weighted by atomic mass is 79.9. The second-order valence-electron chi connectivity index (χ2n) is 4.66. The Kier molecular flexibility index (Phi) is 4.40. The van der Waals surface area contributed by atoms with Gasteiger partial charge in [0.1, 0.15) is 5.69 Å². The first-order valence-electron chi connectivity index (χ1n) is 5.98. The van der Waals surface area contributed by atoms with E-state index in [9.17, 15) is 4.79 Å². The van der Waals surface area contributed by atoms with Crippen molar-refractivity contribution in [2.75, 3.05) is 24.3 Å². The molecule has 4 nitrogen and oxygen atoms in total. The summed E-state index contributed by atoms with van der Waals surface area (Å²) in [6.45, 7) is 0. The fourth-order valence-electron chi connectivity index (χ4n) is 1.93. The van der Waals surface area contributed by atoms with Gasteiger partial charge in [0.15, 0.2) is 0 Å². The maximum absolute atomic E-state index is 12.3. The maximum Gasteiger partial charge on any atom is 0.272 e. The molecule has 0 spiro atoms. The van der Waals surface area contributed by atoms with E-state index in [4.69, 9.17) is 11.6 Å². The van der Waals surface area contributed by atoms with Crippen molar-refractivity contribution in [1.82, 2.24) is 4.57 Å². The van der Waals surface area contributed by atoms with E-state index in [-0.39, 0.29) is 5.91 Å². The smallest absolute Gasteiger partial charge is 0.272 e. The number of rotatable bonds is 3. The second-order valence-corrected chi connectivity index (χ2v) is 6.02. The molecule has 0 fully saturated rings. The van der Waals surface area contributed by atoms with Crippen LogP contribution in [0.25, 0.3) is 0 Å². The normalized spacial score (nSPS) is 10.4. The summed E-state index contributed by atoms with van der Waals surface area (Å²) in [5.41, 5.74) is 2.16. The van der Waals surface area contributed by atoms with E-state index < -0.39 is 0 Å². The minimum Gasteiger partial charge on any atom is -0.376 e. The zero-order valence-corrected chi connectivity index (χ0v) is 13.8. The first-order valence-corrected chi connectivity index (χ1v) is 7.15.